The highest BCUT2D eigenvalue weighted by atomic mass is 16.5. The minimum absolute atomic E-state index is 0.119. The second-order valence-electron chi connectivity index (χ2n) is 9.09. The molecule has 4 rings (SSSR count). The van der Waals surface area contributed by atoms with Gasteiger partial charge in [0.2, 0.25) is 0 Å². The summed E-state index contributed by atoms with van der Waals surface area (Å²) in [7, 11) is 1.78. The number of fused-ring (bicyclic) bond motifs is 2. The number of nitrogens with zero attached hydrogens (tertiary/aromatic N) is 2. The molecule has 2 bridgehead atoms. The highest BCUT2D eigenvalue weighted by molar-refractivity contribution is 5.93. The summed E-state index contributed by atoms with van der Waals surface area (Å²) < 4.78 is 6.55. The molecule has 2 saturated heterocycles. The Labute approximate surface area is 172 Å². The zero-order chi connectivity index (χ0) is 20.6. The maximum absolute atomic E-state index is 13.0. The number of likely N-dealkylation sites (N-methyl/N-ethyl adjacent to an activating group) is 1. The summed E-state index contributed by atoms with van der Waals surface area (Å²) in [5.74, 6) is 0.208. The van der Waals surface area contributed by atoms with Gasteiger partial charge in [0.05, 0.1) is 22.8 Å². The molecule has 0 radical (unpaired) electrons. The largest absolute Gasteiger partial charge is 0.388 e. The van der Waals surface area contributed by atoms with Crippen LogP contribution in [0, 0.1) is 0 Å². The van der Waals surface area contributed by atoms with Gasteiger partial charge in [0.25, 0.3) is 5.91 Å². The molecule has 0 unspecified atom stereocenters. The van der Waals surface area contributed by atoms with E-state index in [1.807, 2.05) is 13.0 Å². The van der Waals surface area contributed by atoms with Crippen LogP contribution >= 0.6 is 0 Å². The number of hydrogen-bond acceptors (Lipinski definition) is 4. The molecule has 29 heavy (non-hydrogen) atoms. The lowest BCUT2D eigenvalue weighted by molar-refractivity contribution is -0.214. The van der Waals surface area contributed by atoms with Crippen molar-refractivity contribution >= 4 is 5.91 Å². The van der Waals surface area contributed by atoms with Crippen LogP contribution in [-0.2, 0) is 4.74 Å². The van der Waals surface area contributed by atoms with E-state index in [4.69, 9.17) is 4.74 Å². The second-order valence-corrected chi connectivity index (χ2v) is 9.09. The standard InChI is InChI=1S/C24H30N2O3/c1-23-12-11-20(26(3)22(28)18-10-7-13-25-16-18)21(27)24(2,29-23)15-19(14-23)17-8-5-4-6-9-17/h4-10,13,16,19-21,27H,11-12,14-15H2,1-3H3/t19-,20-,21+,23-,24-/m0/s1. The topological polar surface area (TPSA) is 62.7 Å². The molecule has 154 valence electrons. The Balaban J connectivity index is 1.62. The van der Waals surface area contributed by atoms with E-state index in [0.717, 1.165) is 19.3 Å². The number of rotatable bonds is 3. The Morgan fingerprint density at radius 2 is 1.93 bits per heavy atom. The average Bonchev–Trinajstić information content (AvgIpc) is 2.80. The molecular formula is C24H30N2O3. The van der Waals surface area contributed by atoms with Gasteiger partial charge in [-0.3, -0.25) is 9.78 Å². The Morgan fingerprint density at radius 3 is 2.62 bits per heavy atom. The molecule has 5 atom stereocenters. The van der Waals surface area contributed by atoms with Crippen molar-refractivity contribution in [2.75, 3.05) is 7.05 Å². The van der Waals surface area contributed by atoms with Crippen molar-refractivity contribution in [1.29, 1.82) is 0 Å². The third-order valence-corrected chi connectivity index (χ3v) is 6.77. The minimum atomic E-state index is -0.763. The van der Waals surface area contributed by atoms with Gasteiger partial charge in [-0.05, 0) is 63.1 Å². The first-order valence-corrected chi connectivity index (χ1v) is 10.4. The van der Waals surface area contributed by atoms with Gasteiger partial charge in [-0.2, -0.15) is 0 Å². The Morgan fingerprint density at radius 1 is 1.17 bits per heavy atom. The minimum Gasteiger partial charge on any atom is -0.388 e. The van der Waals surface area contributed by atoms with Crippen LogP contribution < -0.4 is 0 Å². The van der Waals surface area contributed by atoms with Crippen molar-refractivity contribution < 1.29 is 14.6 Å². The first-order chi connectivity index (χ1) is 13.8. The van der Waals surface area contributed by atoms with Gasteiger partial charge in [-0.1, -0.05) is 30.3 Å². The number of pyridine rings is 1. The summed E-state index contributed by atoms with van der Waals surface area (Å²) in [5.41, 5.74) is 0.798. The quantitative estimate of drug-likeness (QED) is 0.860. The van der Waals surface area contributed by atoms with Gasteiger partial charge in [-0.15, -0.1) is 0 Å². The van der Waals surface area contributed by atoms with Gasteiger partial charge in [-0.25, -0.2) is 0 Å². The number of ether oxygens (including phenoxy) is 1. The fourth-order valence-electron chi connectivity index (χ4n) is 5.29. The molecule has 0 aliphatic carbocycles. The van der Waals surface area contributed by atoms with E-state index < -0.39 is 11.7 Å². The van der Waals surface area contributed by atoms with E-state index >= 15 is 0 Å². The SMILES string of the molecule is CN(C(=O)c1cccnc1)[C@H]1CC[C@@]2(C)C[C@H](c3ccccc3)C[C@](C)(O2)[C@@H]1O. The summed E-state index contributed by atoms with van der Waals surface area (Å²) in [6, 6.07) is 13.7. The molecule has 2 aliphatic heterocycles. The maximum atomic E-state index is 13.0. The van der Waals surface area contributed by atoms with Gasteiger partial charge in [0.15, 0.2) is 0 Å². The summed E-state index contributed by atoms with van der Waals surface area (Å²) in [6.07, 6.45) is 5.63. The molecule has 1 N–H and O–H groups in total. The number of aliphatic hydroxyl groups is 1. The molecule has 2 aliphatic rings. The number of amides is 1. The van der Waals surface area contributed by atoms with Crippen LogP contribution in [0.1, 0.15) is 61.4 Å². The molecule has 5 nitrogen and oxygen atoms in total. The zero-order valence-electron chi connectivity index (χ0n) is 17.4. The number of carbonyl (C=O) groups is 1. The van der Waals surface area contributed by atoms with Gasteiger partial charge in [0.1, 0.15) is 6.10 Å². The summed E-state index contributed by atoms with van der Waals surface area (Å²) >= 11 is 0. The molecule has 1 aromatic carbocycles. The number of hydrogen-bond donors (Lipinski definition) is 1. The number of aliphatic hydroxyl groups excluding tert-OH is 1. The third-order valence-electron chi connectivity index (χ3n) is 6.77. The molecule has 2 aromatic rings. The van der Waals surface area contributed by atoms with Crippen molar-refractivity contribution in [3.63, 3.8) is 0 Å². The van der Waals surface area contributed by atoms with Crippen LogP contribution in [0.15, 0.2) is 54.9 Å². The molecule has 2 fully saturated rings. The number of aromatic nitrogens is 1. The summed E-state index contributed by atoms with van der Waals surface area (Å²) in [6.45, 7) is 4.16. The number of benzene rings is 1. The van der Waals surface area contributed by atoms with Crippen LogP contribution in [0.25, 0.3) is 0 Å². The smallest absolute Gasteiger partial charge is 0.255 e. The van der Waals surface area contributed by atoms with Gasteiger partial charge < -0.3 is 14.7 Å². The van der Waals surface area contributed by atoms with Crippen LogP contribution in [0.5, 0.6) is 0 Å². The lowest BCUT2D eigenvalue weighted by atomic mass is 9.74. The fourth-order valence-corrected chi connectivity index (χ4v) is 5.29. The van der Waals surface area contributed by atoms with E-state index in [1.165, 1.54) is 5.56 Å². The lowest BCUT2D eigenvalue weighted by Crippen LogP contribution is -2.57. The third kappa shape index (κ3) is 3.81. The lowest BCUT2D eigenvalue weighted by Gasteiger charge is -2.49. The first-order valence-electron chi connectivity index (χ1n) is 10.4. The van der Waals surface area contributed by atoms with E-state index in [-0.39, 0.29) is 17.6 Å². The van der Waals surface area contributed by atoms with Crippen LogP contribution in [0.3, 0.4) is 0 Å². The Hall–Kier alpha value is -2.24. The first kappa shape index (κ1) is 20.0. The molecule has 5 heteroatoms. The fraction of sp³-hybridized carbons (Fsp3) is 0.500. The Kier molecular flexibility index (Phi) is 5.21. The molecular weight excluding hydrogens is 364 g/mol. The number of carbonyl (C=O) groups excluding carboxylic acids is 1. The summed E-state index contributed by atoms with van der Waals surface area (Å²) in [5, 5.41) is 11.4. The van der Waals surface area contributed by atoms with Gasteiger partial charge >= 0.3 is 0 Å². The van der Waals surface area contributed by atoms with Crippen LogP contribution in [0.4, 0.5) is 0 Å². The predicted octanol–water partition coefficient (Wildman–Crippen LogP) is 3.79. The normalized spacial score (nSPS) is 34.3. The predicted molar refractivity (Wildman–Crippen MR) is 112 cm³/mol. The zero-order valence-corrected chi connectivity index (χ0v) is 17.4. The molecule has 3 heterocycles. The van der Waals surface area contributed by atoms with Crippen LogP contribution in [-0.4, -0.2) is 51.3 Å². The van der Waals surface area contributed by atoms with Gasteiger partial charge in [0, 0.05) is 19.4 Å². The van der Waals surface area contributed by atoms with Crippen molar-refractivity contribution in [3.8, 4) is 0 Å². The van der Waals surface area contributed by atoms with E-state index in [0.29, 0.717) is 17.9 Å². The summed E-state index contributed by atoms with van der Waals surface area (Å²) in [4.78, 5) is 18.7. The van der Waals surface area contributed by atoms with Crippen LogP contribution in [0.2, 0.25) is 0 Å². The Bertz CT molecular complexity index is 859. The van der Waals surface area contributed by atoms with Crippen molar-refractivity contribution in [1.82, 2.24) is 9.88 Å². The molecule has 1 amide bonds. The van der Waals surface area contributed by atoms with E-state index in [2.05, 4.69) is 36.2 Å². The van der Waals surface area contributed by atoms with E-state index in [9.17, 15) is 9.90 Å². The molecule has 0 spiro atoms. The average molecular weight is 395 g/mol. The molecule has 1 aromatic heterocycles. The monoisotopic (exact) mass is 394 g/mol. The second kappa shape index (κ2) is 7.54. The maximum Gasteiger partial charge on any atom is 0.255 e. The highest BCUT2D eigenvalue weighted by Crippen LogP contribution is 2.50. The van der Waals surface area contributed by atoms with Crippen molar-refractivity contribution in [2.45, 2.75) is 68.8 Å². The highest BCUT2D eigenvalue weighted by Gasteiger charge is 2.54. The van der Waals surface area contributed by atoms with Crippen molar-refractivity contribution in [2.24, 2.45) is 0 Å². The molecule has 0 saturated carbocycles. The van der Waals surface area contributed by atoms with Crippen molar-refractivity contribution in [3.05, 3.63) is 66.0 Å². The van der Waals surface area contributed by atoms with E-state index in [1.54, 1.807) is 36.5 Å².